The first kappa shape index (κ1) is 17.4. The zero-order valence-electron chi connectivity index (χ0n) is 12.7. The molecular weight excluding hydrogens is 325 g/mol. The highest BCUT2D eigenvalue weighted by Crippen LogP contribution is 2.26. The number of likely N-dealkylation sites (N-methyl/N-ethyl adjacent to an activating group) is 1. The Hall–Kier alpha value is -1.96. The van der Waals surface area contributed by atoms with E-state index in [1.807, 2.05) is 0 Å². The summed E-state index contributed by atoms with van der Waals surface area (Å²) in [4.78, 5) is 13.9. The molecule has 0 radical (unpaired) electrons. The standard InChI is InChI=1S/C15H17ClFN3O3/c1-20(7-10(21)8-23-2)15(22)11-6-18-19-14(11)9-3-4-13(17)12(16)5-9/h3-6,10,21H,7-8H2,1-2H3,(H,18,19). The zero-order chi connectivity index (χ0) is 17.0. The van der Waals surface area contributed by atoms with Crippen LogP contribution in [0.4, 0.5) is 4.39 Å². The van der Waals surface area contributed by atoms with Crippen LogP contribution in [-0.4, -0.2) is 59.5 Å². The molecule has 6 nitrogen and oxygen atoms in total. The molecule has 0 saturated heterocycles. The number of amides is 1. The van der Waals surface area contributed by atoms with Gasteiger partial charge in [-0.05, 0) is 18.2 Å². The number of nitrogens with one attached hydrogen (secondary N) is 1. The maximum atomic E-state index is 13.3. The van der Waals surface area contributed by atoms with Crippen LogP contribution >= 0.6 is 11.6 Å². The average Bonchev–Trinajstić information content (AvgIpc) is 2.98. The van der Waals surface area contributed by atoms with Crippen molar-refractivity contribution in [3.05, 3.63) is 40.8 Å². The highest BCUT2D eigenvalue weighted by Gasteiger charge is 2.21. The van der Waals surface area contributed by atoms with Crippen molar-refractivity contribution in [1.29, 1.82) is 0 Å². The van der Waals surface area contributed by atoms with E-state index in [1.165, 1.54) is 36.4 Å². The number of rotatable bonds is 6. The van der Waals surface area contributed by atoms with Gasteiger partial charge in [-0.1, -0.05) is 11.6 Å². The summed E-state index contributed by atoms with van der Waals surface area (Å²) in [6, 6.07) is 4.14. The minimum atomic E-state index is -0.787. The number of hydrogen-bond acceptors (Lipinski definition) is 4. The highest BCUT2D eigenvalue weighted by atomic mass is 35.5. The molecule has 0 fully saturated rings. The Morgan fingerprint density at radius 3 is 2.96 bits per heavy atom. The van der Waals surface area contributed by atoms with E-state index in [4.69, 9.17) is 16.3 Å². The molecule has 0 spiro atoms. The van der Waals surface area contributed by atoms with Gasteiger partial charge in [-0.25, -0.2) is 4.39 Å². The normalized spacial score (nSPS) is 12.2. The Kier molecular flexibility index (Phi) is 5.70. The number of methoxy groups -OCH3 is 1. The number of aromatic amines is 1. The first-order valence-electron chi connectivity index (χ1n) is 6.85. The number of aromatic nitrogens is 2. The molecule has 0 saturated carbocycles. The van der Waals surface area contributed by atoms with Gasteiger partial charge in [0.2, 0.25) is 0 Å². The van der Waals surface area contributed by atoms with Crippen molar-refractivity contribution in [3.63, 3.8) is 0 Å². The average molecular weight is 342 g/mol. The molecule has 0 aliphatic heterocycles. The summed E-state index contributed by atoms with van der Waals surface area (Å²) in [5.41, 5.74) is 1.29. The minimum Gasteiger partial charge on any atom is -0.389 e. The maximum absolute atomic E-state index is 13.3. The van der Waals surface area contributed by atoms with Crippen molar-refractivity contribution in [2.75, 3.05) is 27.3 Å². The van der Waals surface area contributed by atoms with Crippen LogP contribution in [0, 0.1) is 5.82 Å². The van der Waals surface area contributed by atoms with E-state index in [9.17, 15) is 14.3 Å². The lowest BCUT2D eigenvalue weighted by atomic mass is 10.1. The SMILES string of the molecule is COCC(O)CN(C)C(=O)c1cn[nH]c1-c1ccc(F)c(Cl)c1. The number of aliphatic hydroxyl groups excluding tert-OH is 1. The van der Waals surface area contributed by atoms with Crippen molar-refractivity contribution < 1.29 is 19.0 Å². The molecule has 0 aliphatic carbocycles. The van der Waals surface area contributed by atoms with Gasteiger partial charge >= 0.3 is 0 Å². The maximum Gasteiger partial charge on any atom is 0.257 e. The van der Waals surface area contributed by atoms with Crippen LogP contribution in [0.5, 0.6) is 0 Å². The first-order chi connectivity index (χ1) is 10.9. The van der Waals surface area contributed by atoms with Gasteiger partial charge in [0.15, 0.2) is 0 Å². The number of carbonyl (C=O) groups excluding carboxylic acids is 1. The summed E-state index contributed by atoms with van der Waals surface area (Å²) in [6.45, 7) is 0.241. The van der Waals surface area contributed by atoms with Gasteiger partial charge in [-0.3, -0.25) is 9.89 Å². The number of hydrogen-bond donors (Lipinski definition) is 2. The minimum absolute atomic E-state index is 0.0422. The molecule has 1 aromatic heterocycles. The van der Waals surface area contributed by atoms with Crippen molar-refractivity contribution in [1.82, 2.24) is 15.1 Å². The lowest BCUT2D eigenvalue weighted by molar-refractivity contribution is 0.0380. The lowest BCUT2D eigenvalue weighted by Crippen LogP contribution is -2.36. The van der Waals surface area contributed by atoms with Gasteiger partial charge in [-0.2, -0.15) is 5.10 Å². The van der Waals surface area contributed by atoms with Crippen molar-refractivity contribution in [3.8, 4) is 11.3 Å². The smallest absolute Gasteiger partial charge is 0.257 e. The van der Waals surface area contributed by atoms with Gasteiger partial charge in [0, 0.05) is 26.3 Å². The summed E-state index contributed by atoms with van der Waals surface area (Å²) in [5.74, 6) is -0.869. The Balaban J connectivity index is 2.23. The third kappa shape index (κ3) is 4.07. The van der Waals surface area contributed by atoms with E-state index >= 15 is 0 Å². The van der Waals surface area contributed by atoms with Gasteiger partial charge in [-0.15, -0.1) is 0 Å². The van der Waals surface area contributed by atoms with E-state index in [-0.39, 0.29) is 24.1 Å². The number of benzene rings is 1. The number of nitrogens with zero attached hydrogens (tertiary/aromatic N) is 2. The second-order valence-corrected chi connectivity index (χ2v) is 5.49. The predicted molar refractivity (Wildman–Crippen MR) is 83.8 cm³/mol. The molecule has 8 heteroatoms. The summed E-state index contributed by atoms with van der Waals surface area (Å²) in [7, 11) is 3.03. The van der Waals surface area contributed by atoms with Crippen LogP contribution < -0.4 is 0 Å². The van der Waals surface area contributed by atoms with Crippen LogP contribution in [0.15, 0.2) is 24.4 Å². The predicted octanol–water partition coefficient (Wildman–Crippen LogP) is 1.95. The second-order valence-electron chi connectivity index (χ2n) is 5.08. The van der Waals surface area contributed by atoms with Crippen LogP contribution in [0.2, 0.25) is 5.02 Å². The van der Waals surface area contributed by atoms with Crippen molar-refractivity contribution in [2.24, 2.45) is 0 Å². The Morgan fingerprint density at radius 2 is 2.30 bits per heavy atom. The van der Waals surface area contributed by atoms with Crippen molar-refractivity contribution >= 4 is 17.5 Å². The van der Waals surface area contributed by atoms with E-state index in [0.29, 0.717) is 16.8 Å². The molecule has 1 atom stereocenters. The number of carbonyl (C=O) groups is 1. The molecule has 0 bridgehead atoms. The van der Waals surface area contributed by atoms with E-state index < -0.39 is 11.9 Å². The Labute approximate surface area is 137 Å². The molecule has 1 aromatic carbocycles. The molecule has 2 N–H and O–H groups in total. The van der Waals surface area contributed by atoms with Gasteiger partial charge in [0.1, 0.15) is 5.82 Å². The fourth-order valence-electron chi connectivity index (χ4n) is 2.17. The number of halogens is 2. The molecule has 2 aromatic rings. The summed E-state index contributed by atoms with van der Waals surface area (Å²) in [6.07, 6.45) is 0.596. The van der Waals surface area contributed by atoms with Gasteiger partial charge in [0.05, 0.1) is 35.2 Å². The van der Waals surface area contributed by atoms with Gasteiger partial charge in [0.25, 0.3) is 5.91 Å². The summed E-state index contributed by atoms with van der Waals surface area (Å²) >= 11 is 5.78. The Morgan fingerprint density at radius 1 is 1.57 bits per heavy atom. The largest absolute Gasteiger partial charge is 0.389 e. The topological polar surface area (TPSA) is 78.5 Å². The molecule has 1 unspecified atom stereocenters. The first-order valence-corrected chi connectivity index (χ1v) is 7.23. The monoisotopic (exact) mass is 341 g/mol. The van der Waals surface area contributed by atoms with Crippen LogP contribution in [0.25, 0.3) is 11.3 Å². The van der Waals surface area contributed by atoms with Crippen LogP contribution in [0.1, 0.15) is 10.4 Å². The number of aliphatic hydroxyl groups is 1. The quantitative estimate of drug-likeness (QED) is 0.841. The molecule has 124 valence electrons. The summed E-state index contributed by atoms with van der Waals surface area (Å²) < 4.78 is 18.1. The van der Waals surface area contributed by atoms with E-state index in [1.54, 1.807) is 7.05 Å². The lowest BCUT2D eigenvalue weighted by Gasteiger charge is -2.20. The van der Waals surface area contributed by atoms with E-state index in [2.05, 4.69) is 10.2 Å². The molecular formula is C15H17ClFN3O3. The molecule has 23 heavy (non-hydrogen) atoms. The van der Waals surface area contributed by atoms with Crippen molar-refractivity contribution in [2.45, 2.75) is 6.10 Å². The second kappa shape index (κ2) is 7.54. The zero-order valence-corrected chi connectivity index (χ0v) is 13.5. The van der Waals surface area contributed by atoms with Gasteiger partial charge < -0.3 is 14.7 Å². The molecule has 2 rings (SSSR count). The van der Waals surface area contributed by atoms with Crippen LogP contribution in [0.3, 0.4) is 0 Å². The highest BCUT2D eigenvalue weighted by molar-refractivity contribution is 6.31. The third-order valence-electron chi connectivity index (χ3n) is 3.27. The number of ether oxygens (including phenoxy) is 1. The molecule has 1 heterocycles. The van der Waals surface area contributed by atoms with Crippen LogP contribution in [-0.2, 0) is 4.74 Å². The Bertz CT molecular complexity index is 692. The fourth-order valence-corrected chi connectivity index (χ4v) is 2.35. The van der Waals surface area contributed by atoms with E-state index in [0.717, 1.165) is 0 Å². The third-order valence-corrected chi connectivity index (χ3v) is 3.56. The molecule has 1 amide bonds. The number of H-pyrrole nitrogens is 1. The molecule has 0 aliphatic rings. The summed E-state index contributed by atoms with van der Waals surface area (Å²) in [5, 5.41) is 16.3. The fraction of sp³-hybridized carbons (Fsp3) is 0.333.